The average molecular weight is 421 g/mol. The molecule has 2 heterocycles. The van der Waals surface area contributed by atoms with Gasteiger partial charge in [0.05, 0.1) is 12.3 Å². The zero-order valence-electron chi connectivity index (χ0n) is 16.7. The van der Waals surface area contributed by atoms with Gasteiger partial charge in [-0.3, -0.25) is 14.3 Å². The van der Waals surface area contributed by atoms with E-state index in [2.05, 4.69) is 15.3 Å². The number of amides is 1. The molecule has 1 N–H and O–H groups in total. The Morgan fingerprint density at radius 3 is 2.60 bits per heavy atom. The molecule has 0 saturated heterocycles. The summed E-state index contributed by atoms with van der Waals surface area (Å²) in [5.41, 5.74) is 4.02. The van der Waals surface area contributed by atoms with Gasteiger partial charge in [-0.2, -0.15) is 4.98 Å². The third-order valence-electron chi connectivity index (χ3n) is 5.21. The Bertz CT molecular complexity index is 1070. The van der Waals surface area contributed by atoms with Crippen LogP contribution in [0.25, 0.3) is 0 Å². The van der Waals surface area contributed by atoms with Gasteiger partial charge in [-0.05, 0) is 48.9 Å². The van der Waals surface area contributed by atoms with Crippen LogP contribution in [0.1, 0.15) is 35.2 Å². The predicted octanol–water partition coefficient (Wildman–Crippen LogP) is 2.97. The summed E-state index contributed by atoms with van der Waals surface area (Å²) in [6.07, 6.45) is 7.38. The molecule has 30 heavy (non-hydrogen) atoms. The van der Waals surface area contributed by atoms with Gasteiger partial charge >= 0.3 is 5.69 Å². The van der Waals surface area contributed by atoms with Crippen molar-refractivity contribution in [2.45, 2.75) is 43.8 Å². The number of rotatable bonds is 7. The molecule has 1 aromatic carbocycles. The summed E-state index contributed by atoms with van der Waals surface area (Å²) in [5.74, 6) is 0.191. The van der Waals surface area contributed by atoms with Gasteiger partial charge < -0.3 is 5.32 Å². The van der Waals surface area contributed by atoms with Crippen molar-refractivity contribution in [2.75, 3.05) is 5.75 Å². The number of benzene rings is 1. The first-order valence-corrected chi connectivity index (χ1v) is 11.1. The van der Waals surface area contributed by atoms with Crippen LogP contribution >= 0.6 is 11.8 Å². The largest absolute Gasteiger partial charge is 0.351 e. The van der Waals surface area contributed by atoms with Gasteiger partial charge in [-0.25, -0.2) is 4.79 Å². The van der Waals surface area contributed by atoms with Gasteiger partial charge in [0, 0.05) is 30.2 Å². The zero-order valence-corrected chi connectivity index (χ0v) is 17.5. The minimum Gasteiger partial charge on any atom is -0.351 e. The SMILES string of the molecule is O=C(CSc1nc(=O)n(Cc2ccncc2)c2c1CCCC2)NCc1ccccc1. The van der Waals surface area contributed by atoms with E-state index in [9.17, 15) is 9.59 Å². The van der Waals surface area contributed by atoms with Crippen LogP contribution in [0, 0.1) is 0 Å². The number of fused-ring (bicyclic) bond motifs is 1. The lowest BCUT2D eigenvalue weighted by atomic mass is 9.97. The normalized spacial score (nSPS) is 12.9. The maximum Gasteiger partial charge on any atom is 0.349 e. The average Bonchev–Trinajstić information content (AvgIpc) is 2.80. The Hall–Kier alpha value is -2.93. The minimum absolute atomic E-state index is 0.0591. The lowest BCUT2D eigenvalue weighted by Crippen LogP contribution is -2.31. The Morgan fingerprint density at radius 2 is 1.80 bits per heavy atom. The third-order valence-corrected chi connectivity index (χ3v) is 6.23. The number of nitrogens with one attached hydrogen (secondary N) is 1. The summed E-state index contributed by atoms with van der Waals surface area (Å²) in [6.45, 7) is 0.999. The van der Waals surface area contributed by atoms with Crippen molar-refractivity contribution >= 4 is 17.7 Å². The molecular weight excluding hydrogens is 396 g/mol. The van der Waals surface area contributed by atoms with E-state index >= 15 is 0 Å². The highest BCUT2D eigenvalue weighted by atomic mass is 32.2. The molecule has 1 aliphatic carbocycles. The molecule has 0 aliphatic heterocycles. The molecule has 0 radical (unpaired) electrons. The second kappa shape index (κ2) is 9.71. The molecular formula is C23H24N4O2S. The second-order valence-electron chi connectivity index (χ2n) is 7.32. The quantitative estimate of drug-likeness (QED) is 0.470. The van der Waals surface area contributed by atoms with E-state index in [4.69, 9.17) is 0 Å². The van der Waals surface area contributed by atoms with Gasteiger partial charge in [0.1, 0.15) is 5.03 Å². The number of thioether (sulfide) groups is 1. The van der Waals surface area contributed by atoms with Crippen LogP contribution in [0.4, 0.5) is 0 Å². The molecule has 7 heteroatoms. The molecule has 2 aromatic heterocycles. The Labute approximate surface area is 179 Å². The van der Waals surface area contributed by atoms with Crippen LogP contribution in [0.15, 0.2) is 64.7 Å². The van der Waals surface area contributed by atoms with Crippen LogP contribution in [0.2, 0.25) is 0 Å². The van der Waals surface area contributed by atoms with Gasteiger partial charge in [-0.15, -0.1) is 0 Å². The number of hydrogen-bond acceptors (Lipinski definition) is 5. The molecule has 0 unspecified atom stereocenters. The topological polar surface area (TPSA) is 76.9 Å². The summed E-state index contributed by atoms with van der Waals surface area (Å²) in [4.78, 5) is 33.5. The summed E-state index contributed by atoms with van der Waals surface area (Å²) >= 11 is 1.36. The first kappa shape index (κ1) is 20.3. The van der Waals surface area contributed by atoms with Gasteiger partial charge in [0.25, 0.3) is 0 Å². The highest BCUT2D eigenvalue weighted by Crippen LogP contribution is 2.28. The van der Waals surface area contributed by atoms with Crippen molar-refractivity contribution < 1.29 is 4.79 Å². The highest BCUT2D eigenvalue weighted by Gasteiger charge is 2.21. The Balaban J connectivity index is 1.48. The Kier molecular flexibility index (Phi) is 6.59. The van der Waals surface area contributed by atoms with E-state index in [0.717, 1.165) is 48.1 Å². The fourth-order valence-corrected chi connectivity index (χ4v) is 4.59. The third kappa shape index (κ3) is 4.97. The summed E-state index contributed by atoms with van der Waals surface area (Å²) < 4.78 is 1.78. The molecule has 0 bridgehead atoms. The molecule has 6 nitrogen and oxygen atoms in total. The van der Waals surface area contributed by atoms with Crippen molar-refractivity contribution in [2.24, 2.45) is 0 Å². The first-order valence-electron chi connectivity index (χ1n) is 10.2. The molecule has 0 fully saturated rings. The smallest absolute Gasteiger partial charge is 0.349 e. The number of pyridine rings is 1. The molecule has 4 rings (SSSR count). The summed E-state index contributed by atoms with van der Waals surface area (Å²) in [6, 6.07) is 13.7. The highest BCUT2D eigenvalue weighted by molar-refractivity contribution is 7.99. The lowest BCUT2D eigenvalue weighted by Gasteiger charge is -2.22. The van der Waals surface area contributed by atoms with Crippen LogP contribution in [-0.2, 0) is 30.7 Å². The van der Waals surface area contributed by atoms with Crippen molar-refractivity contribution in [3.05, 3.63) is 87.7 Å². The van der Waals surface area contributed by atoms with Crippen LogP contribution in [0.3, 0.4) is 0 Å². The van der Waals surface area contributed by atoms with E-state index in [0.29, 0.717) is 18.1 Å². The monoisotopic (exact) mass is 420 g/mol. The van der Waals surface area contributed by atoms with Crippen LogP contribution in [-0.4, -0.2) is 26.2 Å². The van der Waals surface area contributed by atoms with Crippen molar-refractivity contribution in [1.29, 1.82) is 0 Å². The fourth-order valence-electron chi connectivity index (χ4n) is 3.68. The second-order valence-corrected chi connectivity index (χ2v) is 8.29. The minimum atomic E-state index is -0.250. The van der Waals surface area contributed by atoms with Crippen molar-refractivity contribution in [3.63, 3.8) is 0 Å². The summed E-state index contributed by atoms with van der Waals surface area (Å²) in [5, 5.41) is 3.64. The van der Waals surface area contributed by atoms with E-state index in [1.807, 2.05) is 42.5 Å². The number of carbonyl (C=O) groups is 1. The van der Waals surface area contributed by atoms with Crippen molar-refractivity contribution in [1.82, 2.24) is 19.9 Å². The molecule has 0 spiro atoms. The molecule has 3 aromatic rings. The van der Waals surface area contributed by atoms with Crippen molar-refractivity contribution in [3.8, 4) is 0 Å². The maximum atomic E-state index is 12.8. The van der Waals surface area contributed by atoms with E-state index in [1.54, 1.807) is 17.0 Å². The Morgan fingerprint density at radius 1 is 1.03 bits per heavy atom. The van der Waals surface area contributed by atoms with E-state index in [-0.39, 0.29) is 17.3 Å². The first-order chi connectivity index (χ1) is 14.7. The van der Waals surface area contributed by atoms with E-state index in [1.165, 1.54) is 11.8 Å². The fraction of sp³-hybridized carbons (Fsp3) is 0.304. The molecule has 154 valence electrons. The van der Waals surface area contributed by atoms with Gasteiger partial charge in [-0.1, -0.05) is 42.1 Å². The molecule has 0 atom stereocenters. The molecule has 0 saturated carbocycles. The van der Waals surface area contributed by atoms with E-state index < -0.39 is 0 Å². The van der Waals surface area contributed by atoms with Crippen LogP contribution < -0.4 is 11.0 Å². The predicted molar refractivity (Wildman–Crippen MR) is 117 cm³/mol. The molecule has 1 aliphatic rings. The number of hydrogen-bond donors (Lipinski definition) is 1. The molecule has 1 amide bonds. The summed E-state index contributed by atoms with van der Waals surface area (Å²) in [7, 11) is 0. The number of nitrogens with zero attached hydrogens (tertiary/aromatic N) is 3. The maximum absolute atomic E-state index is 12.8. The number of carbonyl (C=O) groups excluding carboxylic acids is 1. The standard InChI is InChI=1S/C23H24N4O2S/c28-21(25-14-17-6-2-1-3-7-17)16-30-22-19-8-4-5-9-20(19)27(23(29)26-22)15-18-10-12-24-13-11-18/h1-3,6-7,10-13H,4-5,8-9,14-16H2,(H,25,28). The van der Waals surface area contributed by atoms with Crippen LogP contribution in [0.5, 0.6) is 0 Å². The lowest BCUT2D eigenvalue weighted by molar-refractivity contribution is -0.118. The van der Waals surface area contributed by atoms with Gasteiger partial charge in [0.2, 0.25) is 5.91 Å². The number of aromatic nitrogens is 3. The zero-order chi connectivity index (χ0) is 20.8. The van der Waals surface area contributed by atoms with Gasteiger partial charge in [0.15, 0.2) is 0 Å².